The van der Waals surface area contributed by atoms with Gasteiger partial charge in [-0.15, -0.1) is 0 Å². The Kier molecular flexibility index (Phi) is 5.54. The zero-order valence-corrected chi connectivity index (χ0v) is 15.7. The molecule has 2 aromatic carbocycles. The molecule has 0 atom stereocenters. The van der Waals surface area contributed by atoms with Crippen LogP contribution in [0.1, 0.15) is 35.6 Å². The number of fused-ring (bicyclic) bond motifs is 1. The molecule has 27 heavy (non-hydrogen) atoms. The van der Waals surface area contributed by atoms with Gasteiger partial charge in [-0.3, -0.25) is 9.59 Å². The van der Waals surface area contributed by atoms with Gasteiger partial charge in [-0.05, 0) is 45.0 Å². The second-order valence-corrected chi connectivity index (χ2v) is 6.69. The van der Waals surface area contributed by atoms with Crippen LogP contribution < -0.4 is 5.32 Å². The van der Waals surface area contributed by atoms with Gasteiger partial charge in [-0.2, -0.15) is 0 Å². The van der Waals surface area contributed by atoms with Crippen LogP contribution in [0.5, 0.6) is 0 Å². The summed E-state index contributed by atoms with van der Waals surface area (Å²) < 4.78 is 7.05. The van der Waals surface area contributed by atoms with Crippen LogP contribution >= 0.6 is 0 Å². The lowest BCUT2D eigenvalue weighted by atomic mass is 10.1. The molecule has 0 radical (unpaired) electrons. The number of aromatic nitrogens is 2. The van der Waals surface area contributed by atoms with Crippen LogP contribution in [0, 0.1) is 6.92 Å². The lowest BCUT2D eigenvalue weighted by molar-refractivity contribution is -0.148. The number of benzene rings is 2. The van der Waals surface area contributed by atoms with Crippen LogP contribution in [-0.4, -0.2) is 27.5 Å². The maximum absolute atomic E-state index is 12.4. The zero-order valence-electron chi connectivity index (χ0n) is 15.7. The highest BCUT2D eigenvalue weighted by Gasteiger charge is 2.16. The van der Waals surface area contributed by atoms with E-state index >= 15 is 0 Å². The van der Waals surface area contributed by atoms with E-state index in [1.807, 2.05) is 63.2 Å². The fourth-order valence-electron chi connectivity index (χ4n) is 2.91. The Morgan fingerprint density at radius 1 is 1.15 bits per heavy atom. The first-order valence-corrected chi connectivity index (χ1v) is 8.92. The Labute approximate surface area is 158 Å². The summed E-state index contributed by atoms with van der Waals surface area (Å²) in [5.74, 6) is 0.0967. The molecule has 0 aliphatic carbocycles. The maximum atomic E-state index is 12.4. The highest BCUT2D eigenvalue weighted by Crippen LogP contribution is 2.16. The van der Waals surface area contributed by atoms with Crippen LogP contribution in [0.15, 0.2) is 48.5 Å². The Hall–Kier alpha value is -3.15. The van der Waals surface area contributed by atoms with Gasteiger partial charge < -0.3 is 14.6 Å². The van der Waals surface area contributed by atoms with Crippen LogP contribution in [0.4, 0.5) is 0 Å². The monoisotopic (exact) mass is 365 g/mol. The second-order valence-electron chi connectivity index (χ2n) is 6.69. The SMILES string of the molecule is Cc1cccc(C(=O)NCc2nc3ccccc3n2CC(=O)OC(C)C)c1. The van der Waals surface area contributed by atoms with Crippen molar-refractivity contribution >= 4 is 22.9 Å². The minimum absolute atomic E-state index is 0.0499. The normalized spacial score (nSPS) is 11.0. The number of carbonyl (C=O) groups excluding carboxylic acids is 2. The van der Waals surface area contributed by atoms with Crippen LogP contribution in [0.25, 0.3) is 11.0 Å². The van der Waals surface area contributed by atoms with Crippen LogP contribution in [-0.2, 0) is 22.6 Å². The summed E-state index contributed by atoms with van der Waals surface area (Å²) in [7, 11) is 0. The van der Waals surface area contributed by atoms with Crippen molar-refractivity contribution in [2.75, 3.05) is 0 Å². The van der Waals surface area contributed by atoms with Crippen molar-refractivity contribution in [3.05, 3.63) is 65.5 Å². The summed E-state index contributed by atoms with van der Waals surface area (Å²) in [4.78, 5) is 29.1. The summed E-state index contributed by atoms with van der Waals surface area (Å²) in [5, 5.41) is 2.88. The molecule has 0 unspecified atom stereocenters. The first kappa shape index (κ1) is 18.6. The first-order valence-electron chi connectivity index (χ1n) is 8.92. The van der Waals surface area contributed by atoms with Gasteiger partial charge in [0.05, 0.1) is 23.7 Å². The fourth-order valence-corrected chi connectivity index (χ4v) is 2.91. The number of para-hydroxylation sites is 2. The van der Waals surface area contributed by atoms with E-state index < -0.39 is 0 Å². The molecule has 0 aliphatic rings. The number of rotatable bonds is 6. The molecule has 0 spiro atoms. The Morgan fingerprint density at radius 2 is 1.93 bits per heavy atom. The van der Waals surface area contributed by atoms with Gasteiger partial charge in [0, 0.05) is 5.56 Å². The number of amides is 1. The van der Waals surface area contributed by atoms with E-state index in [9.17, 15) is 9.59 Å². The summed E-state index contributed by atoms with van der Waals surface area (Å²) in [5.41, 5.74) is 3.22. The summed E-state index contributed by atoms with van der Waals surface area (Å²) in [6.07, 6.45) is -0.184. The maximum Gasteiger partial charge on any atom is 0.326 e. The number of aryl methyl sites for hydroxylation is 1. The highest BCUT2D eigenvalue weighted by atomic mass is 16.5. The molecule has 0 saturated heterocycles. The smallest absolute Gasteiger partial charge is 0.326 e. The third-order valence-corrected chi connectivity index (χ3v) is 4.08. The average molecular weight is 365 g/mol. The second kappa shape index (κ2) is 8.03. The summed E-state index contributed by atoms with van der Waals surface area (Å²) in [6.45, 7) is 5.83. The standard InChI is InChI=1S/C21H23N3O3/c1-14(2)27-20(25)13-24-18-10-5-4-9-17(18)23-19(24)12-22-21(26)16-8-6-7-15(3)11-16/h4-11,14H,12-13H2,1-3H3,(H,22,26). The van der Waals surface area contributed by atoms with Crippen molar-refractivity contribution in [3.63, 3.8) is 0 Å². The van der Waals surface area contributed by atoms with Crippen molar-refractivity contribution in [3.8, 4) is 0 Å². The third-order valence-electron chi connectivity index (χ3n) is 4.08. The molecule has 6 nitrogen and oxygen atoms in total. The van der Waals surface area contributed by atoms with E-state index in [1.54, 1.807) is 10.6 Å². The molecule has 0 aliphatic heterocycles. The molecule has 1 N–H and O–H groups in total. The molecule has 0 saturated carbocycles. The summed E-state index contributed by atoms with van der Waals surface area (Å²) >= 11 is 0. The first-order chi connectivity index (χ1) is 12.9. The molecule has 1 amide bonds. The number of nitrogens with one attached hydrogen (secondary N) is 1. The number of carbonyl (C=O) groups is 2. The third kappa shape index (κ3) is 4.53. The molecule has 3 aromatic rings. The lowest BCUT2D eigenvalue weighted by Crippen LogP contribution is -2.26. The predicted molar refractivity (Wildman–Crippen MR) is 103 cm³/mol. The topological polar surface area (TPSA) is 73.2 Å². The van der Waals surface area contributed by atoms with E-state index in [0.29, 0.717) is 11.4 Å². The molecule has 1 aromatic heterocycles. The molecule has 6 heteroatoms. The van der Waals surface area contributed by atoms with E-state index in [0.717, 1.165) is 16.6 Å². The van der Waals surface area contributed by atoms with Crippen molar-refractivity contribution in [1.29, 1.82) is 0 Å². The fraction of sp³-hybridized carbons (Fsp3) is 0.286. The zero-order chi connectivity index (χ0) is 19.4. The predicted octanol–water partition coefficient (Wildman–Crippen LogP) is 3.23. The number of imidazole rings is 1. The van der Waals surface area contributed by atoms with Crippen molar-refractivity contribution in [2.24, 2.45) is 0 Å². The number of hydrogen-bond donors (Lipinski definition) is 1. The molecular weight excluding hydrogens is 342 g/mol. The van der Waals surface area contributed by atoms with Gasteiger partial charge in [-0.1, -0.05) is 29.8 Å². The van der Waals surface area contributed by atoms with Crippen molar-refractivity contribution in [2.45, 2.75) is 40.0 Å². The quantitative estimate of drug-likeness (QED) is 0.681. The van der Waals surface area contributed by atoms with E-state index in [-0.39, 0.29) is 31.1 Å². The largest absolute Gasteiger partial charge is 0.462 e. The highest BCUT2D eigenvalue weighted by molar-refractivity contribution is 5.94. The Morgan fingerprint density at radius 3 is 2.67 bits per heavy atom. The van der Waals surface area contributed by atoms with Gasteiger partial charge >= 0.3 is 5.97 Å². The van der Waals surface area contributed by atoms with Gasteiger partial charge in [0.15, 0.2) is 0 Å². The van der Waals surface area contributed by atoms with Gasteiger partial charge in [0.25, 0.3) is 5.91 Å². The molecule has 140 valence electrons. The van der Waals surface area contributed by atoms with E-state index in [4.69, 9.17) is 4.74 Å². The number of esters is 1. The van der Waals surface area contributed by atoms with Crippen molar-refractivity contribution in [1.82, 2.24) is 14.9 Å². The van der Waals surface area contributed by atoms with E-state index in [1.165, 1.54) is 0 Å². The Bertz CT molecular complexity index is 976. The van der Waals surface area contributed by atoms with Crippen LogP contribution in [0.2, 0.25) is 0 Å². The van der Waals surface area contributed by atoms with Gasteiger partial charge in [-0.25, -0.2) is 4.98 Å². The van der Waals surface area contributed by atoms with Crippen molar-refractivity contribution < 1.29 is 14.3 Å². The molecule has 3 rings (SSSR count). The van der Waals surface area contributed by atoms with Crippen LogP contribution in [0.3, 0.4) is 0 Å². The molecule has 1 heterocycles. The molecule has 0 bridgehead atoms. The van der Waals surface area contributed by atoms with E-state index in [2.05, 4.69) is 10.3 Å². The number of hydrogen-bond acceptors (Lipinski definition) is 4. The minimum Gasteiger partial charge on any atom is -0.462 e. The number of ether oxygens (including phenoxy) is 1. The summed E-state index contributed by atoms with van der Waals surface area (Å²) in [6, 6.07) is 15.0. The Balaban J connectivity index is 1.82. The minimum atomic E-state index is -0.334. The molecular formula is C21H23N3O3. The number of nitrogens with zero attached hydrogens (tertiary/aromatic N) is 2. The average Bonchev–Trinajstić information content (AvgIpc) is 2.96. The van der Waals surface area contributed by atoms with Gasteiger partial charge in [0.2, 0.25) is 0 Å². The lowest BCUT2D eigenvalue weighted by Gasteiger charge is -2.12. The molecule has 0 fully saturated rings. The van der Waals surface area contributed by atoms with Gasteiger partial charge in [0.1, 0.15) is 12.4 Å².